The molecule has 2 atom stereocenters. The number of ether oxygens (including phenoxy) is 1. The van der Waals surface area contributed by atoms with Gasteiger partial charge in [0.25, 0.3) is 0 Å². The van der Waals surface area contributed by atoms with Crippen molar-refractivity contribution in [2.75, 3.05) is 0 Å². The quantitative estimate of drug-likeness (QED) is 0.0755. The molecule has 1 fully saturated rings. The molecule has 3 aliphatic heterocycles. The van der Waals surface area contributed by atoms with Crippen molar-refractivity contribution in [1.29, 1.82) is 0 Å². The minimum atomic E-state index is -0.655. The predicted molar refractivity (Wildman–Crippen MR) is 523 cm³/mol. The fourth-order valence-corrected chi connectivity index (χ4v) is 34.2. The van der Waals surface area contributed by atoms with E-state index >= 15 is 4.79 Å². The van der Waals surface area contributed by atoms with E-state index in [0.29, 0.717) is 11.3 Å². The zero-order chi connectivity index (χ0) is 79.2. The Hall–Kier alpha value is -16.3. The molecule has 127 heavy (non-hydrogen) atoms. The van der Waals surface area contributed by atoms with E-state index in [-0.39, 0.29) is 12.1 Å². The minimum Gasteiger partial charge on any atom is -0.423 e. The van der Waals surface area contributed by atoms with E-state index in [2.05, 4.69) is 198 Å². The molecule has 1 saturated heterocycles. The summed E-state index contributed by atoms with van der Waals surface area (Å²) >= 11 is 0. The van der Waals surface area contributed by atoms with Gasteiger partial charge in [0.2, 0.25) is 0 Å². The van der Waals surface area contributed by atoms with Gasteiger partial charge in [0.15, 0.2) is 0 Å². The van der Waals surface area contributed by atoms with Crippen molar-refractivity contribution in [1.82, 2.24) is 30.2 Å². The lowest BCUT2D eigenvalue weighted by Crippen LogP contribution is -2.55. The third kappa shape index (κ3) is 4.63. The molecule has 7 heterocycles. The van der Waals surface area contributed by atoms with Gasteiger partial charge in [0, 0.05) is 68.8 Å². The number of pyridine rings is 1. The van der Waals surface area contributed by atoms with Crippen LogP contribution in [0.15, 0.2) is 188 Å². The highest BCUT2D eigenvalue weighted by atomic mass is 16.5. The van der Waals surface area contributed by atoms with Crippen LogP contribution in [-0.4, -0.2) is 36.9 Å². The Morgan fingerprint density at radius 2 is 0.535 bits per heavy atom. The number of rotatable bonds is 9. The maximum atomic E-state index is 15.6. The SMILES string of the molecule is O=C(Oc1ccc(-c2c3nc(c(-c4ccccc4)c4ccc([nH]4)c(-c4ccccc4)c4nc(c(-c5ccccc5)c5ccc2[nH]5)C=C4)C=C3)cc1)c1ccc(C2NC(Cc3ccncc3)C34c5c6c7c8c9c%10c(c%11c%12c3c3c5c5c%13c6c6c7c7c9c9c%14c%10c%10c%11c%11c%12c%12c3c3c5c5c%13c%13c6c6c7c9c7c9c%14c%10c%10c%11c%11c%12c3c3c5c5c%13c6c7c6c9c%10c%11c3c56)C824)cc1. The van der Waals surface area contributed by atoms with Gasteiger partial charge in [-0.3, -0.25) is 4.98 Å². The molecule has 0 saturated carbocycles. The van der Waals surface area contributed by atoms with Gasteiger partial charge in [-0.1, -0.05) is 115 Å². The van der Waals surface area contributed by atoms with Gasteiger partial charge < -0.3 is 20.0 Å². The molecule has 4 aliphatic carbocycles. The Bertz CT molecular complexity index is 11400. The van der Waals surface area contributed by atoms with Gasteiger partial charge in [-0.2, -0.15) is 0 Å². The number of fused-ring (bicyclic) bond motifs is 8. The Morgan fingerprint density at radius 1 is 0.276 bits per heavy atom. The van der Waals surface area contributed by atoms with E-state index in [1.165, 1.54) is 11.1 Å². The van der Waals surface area contributed by atoms with Crippen molar-refractivity contribution in [3.05, 3.63) is 250 Å². The molecule has 8 nitrogen and oxygen atoms in total. The van der Waals surface area contributed by atoms with Crippen molar-refractivity contribution < 1.29 is 9.53 Å². The Morgan fingerprint density at radius 3 is 0.819 bits per heavy atom. The number of hydrogen-bond donors (Lipinski definition) is 3. The Labute approximate surface area is 707 Å². The number of carbonyl (C=O) groups excluding carboxylic acids is 1. The highest BCUT2D eigenvalue weighted by Gasteiger charge is 2.77. The van der Waals surface area contributed by atoms with Crippen LogP contribution in [0.25, 0.3) is 382 Å². The van der Waals surface area contributed by atoms with Crippen LogP contribution < -0.4 is 10.1 Å². The van der Waals surface area contributed by atoms with E-state index in [9.17, 15) is 0 Å². The third-order valence-corrected chi connectivity index (χ3v) is 36.7. The molecule has 3 N–H and O–H groups in total. The lowest BCUT2D eigenvalue weighted by molar-refractivity contribution is 0.0734. The minimum absolute atomic E-state index is 0.0703. The average molecular weight is 1590 g/mol. The van der Waals surface area contributed by atoms with E-state index < -0.39 is 16.8 Å². The molecular weight excluding hydrogens is 1550 g/mol. The van der Waals surface area contributed by atoms with Gasteiger partial charge in [-0.05, 0) is 438 Å². The summed E-state index contributed by atoms with van der Waals surface area (Å²) in [6, 6.07) is 61.7. The molecule has 4 aromatic heterocycles. The van der Waals surface area contributed by atoms with E-state index in [1.54, 1.807) is 313 Å². The fraction of sp³-hybridized carbons (Fsp3) is 0.0420. The summed E-state index contributed by atoms with van der Waals surface area (Å²) in [6.45, 7) is 0. The van der Waals surface area contributed by atoms with Crippen LogP contribution in [0, 0.1) is 0 Å². The molecule has 0 amide bonds. The Balaban J connectivity index is 0.544. The monoisotopic (exact) mass is 1590 g/mol. The number of H-pyrrole nitrogens is 2. The van der Waals surface area contributed by atoms with Gasteiger partial charge >= 0.3 is 5.97 Å². The summed E-state index contributed by atoms with van der Waals surface area (Å²) in [7, 11) is 0. The number of esters is 1. The van der Waals surface area contributed by atoms with Crippen LogP contribution in [0.1, 0.15) is 72.6 Å². The second kappa shape index (κ2) is 16.3. The smallest absolute Gasteiger partial charge is 0.343 e. The highest BCUT2D eigenvalue weighted by Crippen LogP contribution is 2.87. The summed E-state index contributed by atoms with van der Waals surface area (Å²) in [5, 5.41) is 90.7. The average Bonchev–Trinajstić information content (AvgIpc) is 1.38. The summed E-state index contributed by atoms with van der Waals surface area (Å²) in [5.41, 5.74) is 23.3. The largest absolute Gasteiger partial charge is 0.423 e. The predicted octanol–water partition coefficient (Wildman–Crippen LogP) is 29.5. The normalized spacial score (nSPS) is 19.1. The summed E-state index contributed by atoms with van der Waals surface area (Å²) in [6.07, 6.45) is 13.5. The van der Waals surface area contributed by atoms with Crippen molar-refractivity contribution in [3.63, 3.8) is 0 Å². The third-order valence-electron chi connectivity index (χ3n) is 36.7. The molecule has 8 bridgehead atoms. The van der Waals surface area contributed by atoms with Crippen molar-refractivity contribution in [3.8, 4) is 50.3 Å². The zero-order valence-corrected chi connectivity index (χ0v) is 66.2. The summed E-state index contributed by atoms with van der Waals surface area (Å²) in [4.78, 5) is 39.4. The van der Waals surface area contributed by atoms with Crippen LogP contribution >= 0.6 is 0 Å². The number of carbonyl (C=O) groups is 1. The highest BCUT2D eigenvalue weighted by molar-refractivity contribution is 6.82. The summed E-state index contributed by atoms with van der Waals surface area (Å²) < 4.78 is 6.69. The Kier molecular flexibility index (Phi) is 7.36. The molecule has 8 heteroatoms. The van der Waals surface area contributed by atoms with Crippen molar-refractivity contribution >= 4 is 343 Å². The van der Waals surface area contributed by atoms with Crippen molar-refractivity contribution in [2.45, 2.75) is 29.3 Å². The first-order chi connectivity index (χ1) is 63.1. The number of benzene rings is 23. The van der Waals surface area contributed by atoms with Crippen LogP contribution in [0.3, 0.4) is 0 Å². The maximum Gasteiger partial charge on any atom is 0.343 e. The number of nitrogens with zero attached hydrogens (tertiary/aromatic N) is 3. The van der Waals surface area contributed by atoms with E-state index in [4.69, 9.17) is 25.0 Å². The number of hydrogen-bond acceptors (Lipinski definition) is 6. The van der Waals surface area contributed by atoms with E-state index in [0.717, 1.165) is 95.8 Å². The molecule has 7 aliphatic rings. The summed E-state index contributed by atoms with van der Waals surface area (Å²) in [5.74, 6) is 0.0602. The first kappa shape index (κ1) is 57.2. The second-order valence-corrected chi connectivity index (χ2v) is 40.2. The van der Waals surface area contributed by atoms with Crippen molar-refractivity contribution in [2.24, 2.45) is 0 Å². The fourth-order valence-electron chi connectivity index (χ4n) is 34.2. The van der Waals surface area contributed by atoms with Crippen LogP contribution in [0.5, 0.6) is 5.75 Å². The number of aromatic amines is 2. The molecule has 2 unspecified atom stereocenters. The molecule has 0 radical (unpaired) electrons. The number of nitrogens with one attached hydrogen (secondary N) is 3. The van der Waals surface area contributed by atoms with E-state index in [1.807, 2.05) is 24.5 Å². The van der Waals surface area contributed by atoms with Crippen LogP contribution in [0.4, 0.5) is 0 Å². The molecular formula is C119H42N6O2. The maximum absolute atomic E-state index is 15.6. The topological polar surface area (TPSA) is 109 Å². The first-order valence-corrected chi connectivity index (χ1v) is 45.2. The number of aromatic nitrogens is 5. The first-order valence-electron chi connectivity index (χ1n) is 45.2. The molecule has 44 rings (SSSR count). The van der Waals surface area contributed by atoms with Gasteiger partial charge in [-0.15, -0.1) is 0 Å². The van der Waals surface area contributed by atoms with Gasteiger partial charge in [0.1, 0.15) is 5.75 Å². The lowest BCUT2D eigenvalue weighted by Gasteiger charge is -2.53. The molecule has 560 valence electrons. The van der Waals surface area contributed by atoms with Crippen LogP contribution in [0.2, 0.25) is 0 Å². The standard InChI is InChI=1S/C119H42N6O2/c126-117(127-44-22-20-41(21-23-44)57-51-30-28-49(123-51)55(39-12-6-2-7-13-39)47-26-24-45(121-47)54(38-10-4-1-5-11-38)46-25-27-48(122-46)56(40-14-8-3-9-15-40)50-29-31-52(57)124-50)43-18-16-42(17-19-43)116-119-114-108-102-92-84-74-66-62-59-58-60-64(66)72-80(74)94(102)100-90-82(72)76-68(60)69-61(58)65-67-63(59)71-70(62)78(84)88-89-79(71)85-75(67)81-73(65)83-77(69)87-86(76)96(90)104-105-97(87)91(83)101-95(81)103-93(85)99(89)111(110(114)98(88)92)115(119)109(103)107(101)113(105)118(119,112(104)106(100)108)53(125-116)36-37-32-34-120-35-33-37/h1-35,53,116,121,124-125H,36H2. The molecule has 2 spiro atoms. The zero-order valence-electron chi connectivity index (χ0n) is 66.2. The van der Waals surface area contributed by atoms with Gasteiger partial charge in [-0.25, -0.2) is 14.8 Å². The molecule has 33 aromatic carbocycles. The molecule has 37 aromatic rings. The lowest BCUT2D eigenvalue weighted by atomic mass is 9.45. The second-order valence-electron chi connectivity index (χ2n) is 40.2. The van der Waals surface area contributed by atoms with Gasteiger partial charge in [0.05, 0.1) is 39.2 Å². The van der Waals surface area contributed by atoms with Crippen LogP contribution in [-0.2, 0) is 17.3 Å².